The monoisotopic (exact) mass is 372 g/mol. The molecule has 1 amide bonds. The summed E-state index contributed by atoms with van der Waals surface area (Å²) in [6.07, 6.45) is 4.16. The molecule has 1 aliphatic carbocycles. The second-order valence-corrected chi connectivity index (χ2v) is 7.43. The van der Waals surface area contributed by atoms with E-state index in [4.69, 9.17) is 27.9 Å². The van der Waals surface area contributed by atoms with Crippen LogP contribution < -0.4 is 10.1 Å². The number of benzene rings is 1. The smallest absolute Gasteiger partial charge is 0.220 e. The molecule has 1 aliphatic rings. The second-order valence-electron chi connectivity index (χ2n) is 6.58. The number of nitrogens with zero attached hydrogens (tertiary/aromatic N) is 1. The van der Waals surface area contributed by atoms with E-state index in [9.17, 15) is 4.79 Å². The minimum Gasteiger partial charge on any atom is -0.489 e. The number of hydrogen-bond acceptors (Lipinski definition) is 3. The average molecular weight is 373 g/mol. The third-order valence-electron chi connectivity index (χ3n) is 4.44. The Kier molecular flexibility index (Phi) is 7.20. The lowest BCUT2D eigenvalue weighted by Crippen LogP contribution is -2.54. The van der Waals surface area contributed by atoms with Crippen molar-refractivity contribution in [2.45, 2.75) is 57.2 Å². The van der Waals surface area contributed by atoms with Crippen molar-refractivity contribution < 1.29 is 9.53 Å². The van der Waals surface area contributed by atoms with Gasteiger partial charge in [0.05, 0.1) is 5.02 Å². The molecule has 0 heterocycles. The quantitative estimate of drug-likeness (QED) is 0.815. The first-order valence-corrected chi connectivity index (χ1v) is 9.23. The zero-order valence-electron chi connectivity index (χ0n) is 14.5. The maximum Gasteiger partial charge on any atom is 0.220 e. The minimum atomic E-state index is 0.0791. The van der Waals surface area contributed by atoms with E-state index in [0.29, 0.717) is 22.2 Å². The maximum absolute atomic E-state index is 11.9. The van der Waals surface area contributed by atoms with Gasteiger partial charge in [-0.1, -0.05) is 30.1 Å². The van der Waals surface area contributed by atoms with E-state index in [1.54, 1.807) is 12.1 Å². The van der Waals surface area contributed by atoms with Crippen LogP contribution in [0.1, 0.15) is 39.0 Å². The molecule has 3 unspecified atom stereocenters. The summed E-state index contributed by atoms with van der Waals surface area (Å²) in [6.45, 7) is 2.02. The number of ether oxygens (including phenoxy) is 1. The molecule has 1 aromatic carbocycles. The zero-order valence-corrected chi connectivity index (χ0v) is 16.0. The van der Waals surface area contributed by atoms with Crippen molar-refractivity contribution in [3.8, 4) is 5.75 Å². The summed E-state index contributed by atoms with van der Waals surface area (Å²) in [5.41, 5.74) is 0. The predicted octanol–water partition coefficient (Wildman–Crippen LogP) is 4.14. The Morgan fingerprint density at radius 3 is 2.71 bits per heavy atom. The second kappa shape index (κ2) is 8.93. The van der Waals surface area contributed by atoms with Crippen LogP contribution in [0.3, 0.4) is 0 Å². The largest absolute Gasteiger partial charge is 0.489 e. The van der Waals surface area contributed by atoms with Crippen molar-refractivity contribution >= 4 is 29.1 Å². The topological polar surface area (TPSA) is 41.6 Å². The van der Waals surface area contributed by atoms with Gasteiger partial charge >= 0.3 is 0 Å². The van der Waals surface area contributed by atoms with Crippen LogP contribution in [-0.4, -0.2) is 43.1 Å². The van der Waals surface area contributed by atoms with E-state index in [0.717, 1.165) is 25.7 Å². The molecule has 0 radical (unpaired) electrons. The molecule has 1 fully saturated rings. The summed E-state index contributed by atoms with van der Waals surface area (Å²) < 4.78 is 6.09. The summed E-state index contributed by atoms with van der Waals surface area (Å²) in [5.74, 6) is 0.798. The molecule has 2 rings (SSSR count). The highest BCUT2D eigenvalue weighted by Crippen LogP contribution is 2.32. The van der Waals surface area contributed by atoms with Gasteiger partial charge in [0.2, 0.25) is 5.91 Å². The third-order valence-corrected chi connectivity index (χ3v) is 4.97. The molecule has 0 bridgehead atoms. The number of likely N-dealkylation sites (N-methyl/N-ethyl adjacent to an activating group) is 1. The SMILES string of the molecule is CCCC(=O)NC1CCC(Oc2ccc(Cl)cc2Cl)CC1N(C)C. The number of carbonyl (C=O) groups excluding carboxylic acids is 1. The first kappa shape index (κ1) is 19.4. The van der Waals surface area contributed by atoms with Crippen molar-refractivity contribution in [3.05, 3.63) is 28.2 Å². The van der Waals surface area contributed by atoms with E-state index in [-0.39, 0.29) is 24.1 Å². The average Bonchev–Trinajstić information content (AvgIpc) is 2.51. The normalized spacial score (nSPS) is 24.0. The predicted molar refractivity (Wildman–Crippen MR) is 99.0 cm³/mol. The Morgan fingerprint density at radius 2 is 2.08 bits per heavy atom. The fourth-order valence-corrected chi connectivity index (χ4v) is 3.66. The molecule has 134 valence electrons. The summed E-state index contributed by atoms with van der Waals surface area (Å²) >= 11 is 12.1. The highest BCUT2D eigenvalue weighted by Gasteiger charge is 2.34. The molecule has 1 aromatic rings. The number of rotatable bonds is 6. The summed E-state index contributed by atoms with van der Waals surface area (Å²) in [7, 11) is 4.09. The Labute approximate surface area is 154 Å². The van der Waals surface area contributed by atoms with E-state index >= 15 is 0 Å². The first-order valence-electron chi connectivity index (χ1n) is 8.48. The van der Waals surface area contributed by atoms with Gasteiger partial charge in [-0.05, 0) is 51.6 Å². The summed E-state index contributed by atoms with van der Waals surface area (Å²) in [6, 6.07) is 5.70. The van der Waals surface area contributed by atoms with Crippen molar-refractivity contribution in [2.24, 2.45) is 0 Å². The van der Waals surface area contributed by atoms with Gasteiger partial charge in [-0.2, -0.15) is 0 Å². The number of halogens is 2. The molecule has 24 heavy (non-hydrogen) atoms. The van der Waals surface area contributed by atoms with Crippen LogP contribution in [0.5, 0.6) is 5.75 Å². The van der Waals surface area contributed by atoms with Crippen LogP contribution in [-0.2, 0) is 4.79 Å². The van der Waals surface area contributed by atoms with Crippen LogP contribution in [0.15, 0.2) is 18.2 Å². The van der Waals surface area contributed by atoms with Crippen LogP contribution in [0.2, 0.25) is 10.0 Å². The van der Waals surface area contributed by atoms with Crippen LogP contribution in [0, 0.1) is 0 Å². The highest BCUT2D eigenvalue weighted by atomic mass is 35.5. The number of hydrogen-bond donors (Lipinski definition) is 1. The molecule has 6 heteroatoms. The third kappa shape index (κ3) is 5.27. The van der Waals surface area contributed by atoms with Crippen molar-refractivity contribution in [1.82, 2.24) is 10.2 Å². The van der Waals surface area contributed by atoms with Crippen LogP contribution in [0.4, 0.5) is 0 Å². The first-order chi connectivity index (χ1) is 11.4. The Bertz CT molecular complexity index is 566. The molecule has 1 N–H and O–H groups in total. The van der Waals surface area contributed by atoms with Gasteiger partial charge < -0.3 is 15.0 Å². The molecule has 0 aromatic heterocycles. The molecular weight excluding hydrogens is 347 g/mol. The van der Waals surface area contributed by atoms with E-state index in [2.05, 4.69) is 10.2 Å². The molecule has 4 nitrogen and oxygen atoms in total. The lowest BCUT2D eigenvalue weighted by atomic mass is 9.87. The molecule has 0 aliphatic heterocycles. The van der Waals surface area contributed by atoms with Gasteiger partial charge in [0.25, 0.3) is 0 Å². The van der Waals surface area contributed by atoms with E-state index < -0.39 is 0 Å². The van der Waals surface area contributed by atoms with Gasteiger partial charge in [0.15, 0.2) is 0 Å². The molecule has 0 saturated heterocycles. The molecule has 1 saturated carbocycles. The summed E-state index contributed by atoms with van der Waals surface area (Å²) in [5, 5.41) is 4.30. The molecule has 3 atom stereocenters. The van der Waals surface area contributed by atoms with Crippen LogP contribution in [0.25, 0.3) is 0 Å². The Hall–Kier alpha value is -0.970. The molecule has 0 spiro atoms. The molecular formula is C18H26Cl2N2O2. The zero-order chi connectivity index (χ0) is 17.7. The number of amides is 1. The minimum absolute atomic E-state index is 0.0791. The van der Waals surface area contributed by atoms with Gasteiger partial charge in [-0.25, -0.2) is 0 Å². The van der Waals surface area contributed by atoms with Crippen LogP contribution >= 0.6 is 23.2 Å². The highest BCUT2D eigenvalue weighted by molar-refractivity contribution is 6.35. The Morgan fingerprint density at radius 1 is 1.33 bits per heavy atom. The number of carbonyl (C=O) groups is 1. The van der Waals surface area contributed by atoms with E-state index in [1.807, 2.05) is 27.1 Å². The Balaban J connectivity index is 2.00. The van der Waals surface area contributed by atoms with Crippen molar-refractivity contribution in [2.75, 3.05) is 14.1 Å². The van der Waals surface area contributed by atoms with Gasteiger partial charge in [-0.3, -0.25) is 4.79 Å². The van der Waals surface area contributed by atoms with Gasteiger partial charge in [-0.15, -0.1) is 0 Å². The fourth-order valence-electron chi connectivity index (χ4n) is 3.21. The fraction of sp³-hybridized carbons (Fsp3) is 0.611. The lowest BCUT2D eigenvalue weighted by Gasteiger charge is -2.40. The standard InChI is InChI=1S/C18H26Cl2N2O2/c1-4-5-18(23)21-15-8-7-13(11-16(15)22(2)3)24-17-9-6-12(19)10-14(17)20/h6,9-10,13,15-16H,4-5,7-8,11H2,1-3H3,(H,21,23). The van der Waals surface area contributed by atoms with Gasteiger partial charge in [0, 0.05) is 29.9 Å². The summed E-state index contributed by atoms with van der Waals surface area (Å²) in [4.78, 5) is 14.1. The van der Waals surface area contributed by atoms with E-state index in [1.165, 1.54) is 0 Å². The van der Waals surface area contributed by atoms with Crippen molar-refractivity contribution in [3.63, 3.8) is 0 Å². The lowest BCUT2D eigenvalue weighted by molar-refractivity contribution is -0.122. The van der Waals surface area contributed by atoms with Crippen molar-refractivity contribution in [1.29, 1.82) is 0 Å². The van der Waals surface area contributed by atoms with Gasteiger partial charge in [0.1, 0.15) is 11.9 Å². The maximum atomic E-state index is 11.9. The number of nitrogens with one attached hydrogen (secondary N) is 1.